The second-order valence-electron chi connectivity index (χ2n) is 17.4. The molecule has 4 aliphatic heterocycles. The number of methoxy groups -OCH3 is 1. The first-order valence-electron chi connectivity index (χ1n) is 22.7. The number of fused-ring (bicyclic) bond motifs is 1. The van der Waals surface area contributed by atoms with E-state index in [1.165, 1.54) is 17.5 Å². The first kappa shape index (κ1) is 47.7. The highest BCUT2D eigenvalue weighted by Gasteiger charge is 2.40. The van der Waals surface area contributed by atoms with Gasteiger partial charge >= 0.3 is 0 Å². The number of nitrogens with one attached hydrogen (secondary N) is 3. The number of unbranched alkanes of at least 4 members (excludes halogenated alkanes) is 1. The van der Waals surface area contributed by atoms with Crippen molar-refractivity contribution in [3.8, 4) is 11.5 Å². The van der Waals surface area contributed by atoms with Crippen molar-refractivity contribution < 1.29 is 28.4 Å². The van der Waals surface area contributed by atoms with Crippen LogP contribution < -0.4 is 35.6 Å². The third-order valence-electron chi connectivity index (χ3n) is 12.9. The Hall–Kier alpha value is -5.21. The van der Waals surface area contributed by atoms with Gasteiger partial charge in [-0.25, -0.2) is 4.99 Å². The molecule has 4 heterocycles. The Morgan fingerprint density at radius 2 is 1.74 bits per heavy atom. The summed E-state index contributed by atoms with van der Waals surface area (Å²) in [5.74, 6) is 0.888. The number of carbonyl (C=O) groups excluding carboxylic acids is 3. The molecule has 65 heavy (non-hydrogen) atoms. The van der Waals surface area contributed by atoms with E-state index in [0.29, 0.717) is 53.7 Å². The number of piperidine rings is 2. The van der Waals surface area contributed by atoms with E-state index in [9.17, 15) is 18.9 Å². The lowest BCUT2D eigenvalue weighted by Crippen LogP contribution is -2.53. The number of ether oxygens (including phenoxy) is 2. The van der Waals surface area contributed by atoms with Gasteiger partial charge in [0.15, 0.2) is 0 Å². The molecule has 3 saturated heterocycles. The Kier molecular flexibility index (Phi) is 16.1. The van der Waals surface area contributed by atoms with Crippen molar-refractivity contribution in [2.75, 3.05) is 95.1 Å². The maximum Gasteiger partial charge on any atom is 0.255 e. The molecule has 1 atom stereocenters. The number of hydrogen-bond donors (Lipinski definition) is 3. The standard InChI is InChI=1S/C48H63ClN9O6P/c1-6-33-28-39(52-32-51-30-37(49)46(50-2)53-38-13-7-8-15-44(38)65(4,5)62)43(63-3)29-41(33)57-21-18-34(19-22-57)56-25-23-55(24-26-56)20-9-10-27-64-42-14-11-12-35-36(42)31-58(48(35)61)40-16-17-45(59)54-47(40)60/h7-8,11-15,28-30,34,40,52-53H,2,6,9-10,16-27,31-32H2,1,3-5H3,(H,54,59,60)/b46-37-,51-30?. The second kappa shape index (κ2) is 21.9. The van der Waals surface area contributed by atoms with Crippen molar-refractivity contribution in [3.63, 3.8) is 0 Å². The van der Waals surface area contributed by atoms with Gasteiger partial charge in [0.1, 0.15) is 42.2 Å². The monoisotopic (exact) mass is 927 g/mol. The fourth-order valence-electron chi connectivity index (χ4n) is 9.30. The first-order valence-corrected chi connectivity index (χ1v) is 25.7. The van der Waals surface area contributed by atoms with Crippen LogP contribution in [0.1, 0.15) is 66.9 Å². The predicted octanol–water partition coefficient (Wildman–Crippen LogP) is 6.37. The van der Waals surface area contributed by atoms with Gasteiger partial charge in [0.2, 0.25) is 11.8 Å². The number of piperazine rings is 1. The van der Waals surface area contributed by atoms with E-state index in [4.69, 9.17) is 21.1 Å². The Morgan fingerprint density at radius 3 is 2.45 bits per heavy atom. The maximum absolute atomic E-state index is 13.2. The van der Waals surface area contributed by atoms with Crippen LogP contribution in [0, 0.1) is 0 Å². The van der Waals surface area contributed by atoms with E-state index >= 15 is 0 Å². The van der Waals surface area contributed by atoms with Crippen LogP contribution in [0.25, 0.3) is 0 Å². The molecular formula is C48H63ClN9O6P. The van der Waals surface area contributed by atoms with Gasteiger partial charge in [-0.2, -0.15) is 0 Å². The second-order valence-corrected chi connectivity index (χ2v) is 21.0. The number of halogens is 1. The van der Waals surface area contributed by atoms with Gasteiger partial charge in [0, 0.05) is 86.1 Å². The Labute approximate surface area is 388 Å². The average molecular weight is 929 g/mol. The Balaban J connectivity index is 0.831. The lowest BCUT2D eigenvalue weighted by molar-refractivity contribution is -0.136. The molecule has 0 radical (unpaired) electrons. The summed E-state index contributed by atoms with van der Waals surface area (Å²) < 4.78 is 24.9. The van der Waals surface area contributed by atoms with Crippen molar-refractivity contribution in [2.24, 2.45) is 9.98 Å². The van der Waals surface area contributed by atoms with Crippen molar-refractivity contribution in [1.82, 2.24) is 20.0 Å². The zero-order chi connectivity index (χ0) is 46.1. The number of hydrogen-bond acceptors (Lipinski definition) is 13. The highest BCUT2D eigenvalue weighted by molar-refractivity contribution is 7.70. The minimum atomic E-state index is -2.54. The van der Waals surface area contributed by atoms with E-state index in [-0.39, 0.29) is 29.9 Å². The summed E-state index contributed by atoms with van der Waals surface area (Å²) in [6.07, 6.45) is 7.14. The van der Waals surface area contributed by atoms with Crippen LogP contribution in [0.5, 0.6) is 11.5 Å². The SMILES string of the molecule is C=N/C(Nc1ccccc1P(C)(C)=O)=C(/Cl)C=NCNc1cc(CC)c(N2CCC(N3CCN(CCCCOc4cccc5c4CN(C4CCC(=O)NC4=O)C5=O)CC3)CC2)cc1OC. The molecule has 0 aliphatic carbocycles. The van der Waals surface area contributed by atoms with E-state index < -0.39 is 19.1 Å². The molecule has 7 rings (SSSR count). The van der Waals surface area contributed by atoms with Gasteiger partial charge in [-0.15, -0.1) is 0 Å². The molecule has 3 N–H and O–H groups in total. The number of carbonyl (C=O) groups is 3. The number of aryl methyl sites for hydroxylation is 1. The zero-order valence-electron chi connectivity index (χ0n) is 38.1. The molecule has 17 heteroatoms. The fourth-order valence-corrected chi connectivity index (χ4v) is 10.6. The summed E-state index contributed by atoms with van der Waals surface area (Å²) in [6, 6.07) is 17.1. The number of aliphatic imine (C=N–C) groups is 2. The molecule has 348 valence electrons. The number of rotatable bonds is 19. The van der Waals surface area contributed by atoms with Crippen LogP contribution in [-0.2, 0) is 27.1 Å². The Morgan fingerprint density at radius 1 is 0.969 bits per heavy atom. The summed E-state index contributed by atoms with van der Waals surface area (Å²) >= 11 is 6.59. The van der Waals surface area contributed by atoms with Gasteiger partial charge in [-0.3, -0.25) is 29.6 Å². The lowest BCUT2D eigenvalue weighted by Gasteiger charge is -2.43. The number of imide groups is 1. The quantitative estimate of drug-likeness (QED) is 0.0531. The van der Waals surface area contributed by atoms with Crippen LogP contribution in [-0.4, -0.2) is 137 Å². The van der Waals surface area contributed by atoms with Gasteiger partial charge < -0.3 is 39.4 Å². The van der Waals surface area contributed by atoms with Crippen LogP contribution in [0.3, 0.4) is 0 Å². The number of para-hydroxylation sites is 1. The largest absolute Gasteiger partial charge is 0.495 e. The van der Waals surface area contributed by atoms with Crippen LogP contribution in [0.4, 0.5) is 17.1 Å². The van der Waals surface area contributed by atoms with E-state index in [2.05, 4.69) is 66.4 Å². The molecule has 0 aromatic heterocycles. The van der Waals surface area contributed by atoms with E-state index in [1.807, 2.05) is 36.4 Å². The van der Waals surface area contributed by atoms with E-state index in [1.54, 1.807) is 31.4 Å². The topological polar surface area (TPSA) is 161 Å². The molecular weight excluding hydrogens is 865 g/mol. The molecule has 3 aromatic carbocycles. The molecule has 3 amide bonds. The van der Waals surface area contributed by atoms with Gasteiger partial charge in [-0.05, 0) is 101 Å². The van der Waals surface area contributed by atoms with E-state index in [0.717, 1.165) is 94.9 Å². The van der Waals surface area contributed by atoms with Crippen molar-refractivity contribution in [3.05, 3.63) is 82.1 Å². The molecule has 0 saturated carbocycles. The third-order valence-corrected chi connectivity index (χ3v) is 14.7. The minimum Gasteiger partial charge on any atom is -0.495 e. The van der Waals surface area contributed by atoms with Gasteiger partial charge in [0.05, 0.1) is 31.6 Å². The highest BCUT2D eigenvalue weighted by atomic mass is 35.5. The molecule has 0 spiro atoms. The number of benzene rings is 3. The highest BCUT2D eigenvalue weighted by Crippen LogP contribution is 2.39. The normalized spacial score (nSPS) is 19.3. The lowest BCUT2D eigenvalue weighted by atomic mass is 9.99. The third kappa shape index (κ3) is 11.6. The minimum absolute atomic E-state index is 0.187. The molecule has 1 unspecified atom stereocenters. The number of nitrogens with zero attached hydrogens (tertiary/aromatic N) is 6. The summed E-state index contributed by atoms with van der Waals surface area (Å²) in [7, 11) is -0.849. The summed E-state index contributed by atoms with van der Waals surface area (Å²) in [5, 5.41) is 9.90. The van der Waals surface area contributed by atoms with Crippen LogP contribution >= 0.6 is 18.7 Å². The molecule has 3 fully saturated rings. The fraction of sp³-hybridized carbons (Fsp3) is 0.479. The van der Waals surface area contributed by atoms with Crippen molar-refractivity contribution >= 4 is 71.8 Å². The molecule has 15 nitrogen and oxygen atoms in total. The zero-order valence-corrected chi connectivity index (χ0v) is 39.8. The predicted molar refractivity (Wildman–Crippen MR) is 261 cm³/mol. The van der Waals surface area contributed by atoms with Crippen LogP contribution in [0.15, 0.2) is 75.4 Å². The Bertz CT molecular complexity index is 2340. The number of allylic oxidation sites excluding steroid dienone is 1. The summed E-state index contributed by atoms with van der Waals surface area (Å²) in [4.78, 5) is 55.1. The van der Waals surface area contributed by atoms with Crippen molar-refractivity contribution in [2.45, 2.75) is 70.5 Å². The molecule has 3 aromatic rings. The van der Waals surface area contributed by atoms with Gasteiger partial charge in [-0.1, -0.05) is 36.7 Å². The number of amides is 3. The van der Waals surface area contributed by atoms with Crippen LogP contribution in [0.2, 0.25) is 0 Å². The summed E-state index contributed by atoms with van der Waals surface area (Å²) in [6.45, 7) is 17.7. The summed E-state index contributed by atoms with van der Waals surface area (Å²) in [5.41, 5.74) is 5.37. The van der Waals surface area contributed by atoms with Crippen molar-refractivity contribution in [1.29, 1.82) is 0 Å². The molecule has 0 bridgehead atoms. The number of anilines is 3. The average Bonchev–Trinajstić information content (AvgIpc) is 3.65. The maximum atomic E-state index is 13.2. The first-order chi connectivity index (χ1) is 31.4. The molecule has 4 aliphatic rings. The van der Waals surface area contributed by atoms with Gasteiger partial charge in [0.25, 0.3) is 5.91 Å². The smallest absolute Gasteiger partial charge is 0.255 e.